The van der Waals surface area contributed by atoms with Gasteiger partial charge in [0.05, 0.1) is 12.5 Å². The highest BCUT2D eigenvalue weighted by Crippen LogP contribution is 2.23. The van der Waals surface area contributed by atoms with Crippen LogP contribution in [-0.2, 0) is 19.1 Å². The molecule has 0 aliphatic heterocycles. The summed E-state index contributed by atoms with van der Waals surface area (Å²) in [5.74, 6) is -1.40. The number of rotatable bonds is 12. The second kappa shape index (κ2) is 11.9. The summed E-state index contributed by atoms with van der Waals surface area (Å²) in [5, 5.41) is 12.7. The molecule has 2 atom stereocenters. The number of hydroxylamine groups is 2. The maximum atomic E-state index is 12.7. The van der Waals surface area contributed by atoms with Crippen LogP contribution in [0, 0.1) is 11.3 Å². The fraction of sp³-hybridized carbons (Fsp3) is 0.842. The first-order valence-electron chi connectivity index (χ1n) is 9.52. The first-order valence-corrected chi connectivity index (χ1v) is 9.52. The first kappa shape index (κ1) is 24.4. The number of hydrogen-bond acceptors (Lipinski definition) is 5. The van der Waals surface area contributed by atoms with Gasteiger partial charge in [-0.2, -0.15) is 0 Å². The van der Waals surface area contributed by atoms with Crippen LogP contribution in [0.15, 0.2) is 0 Å². The van der Waals surface area contributed by atoms with E-state index in [1.165, 1.54) is 0 Å². The lowest BCUT2D eigenvalue weighted by Gasteiger charge is -2.32. The normalized spacial score (nSPS) is 13.8. The Kier molecular flexibility index (Phi) is 11.1. The molecular weight excluding hydrogens is 336 g/mol. The molecule has 0 aromatic carbocycles. The highest BCUT2D eigenvalue weighted by Gasteiger charge is 2.36. The second-order valence-corrected chi connectivity index (χ2v) is 7.75. The topological polar surface area (TPSA) is 95.9 Å². The molecule has 0 bridgehead atoms. The zero-order chi connectivity index (χ0) is 20.3. The predicted molar refractivity (Wildman–Crippen MR) is 99.4 cm³/mol. The number of nitrogens with one attached hydrogen (secondary N) is 1. The van der Waals surface area contributed by atoms with E-state index >= 15 is 0 Å². The smallest absolute Gasteiger partial charge is 0.329 e. The zero-order valence-corrected chi connectivity index (χ0v) is 17.1. The van der Waals surface area contributed by atoms with Crippen molar-refractivity contribution in [3.8, 4) is 0 Å². The van der Waals surface area contributed by atoms with Crippen LogP contribution in [0.5, 0.6) is 0 Å². The Labute approximate surface area is 157 Å². The summed E-state index contributed by atoms with van der Waals surface area (Å²) >= 11 is 0. The molecule has 2 N–H and O–H groups in total. The van der Waals surface area contributed by atoms with Gasteiger partial charge in [0.25, 0.3) is 0 Å². The van der Waals surface area contributed by atoms with Crippen molar-refractivity contribution in [2.24, 2.45) is 11.3 Å². The van der Waals surface area contributed by atoms with Crippen LogP contribution in [0.1, 0.15) is 73.6 Å². The fourth-order valence-electron chi connectivity index (χ4n) is 2.60. The molecule has 0 saturated heterocycles. The summed E-state index contributed by atoms with van der Waals surface area (Å²) in [5.41, 5.74) is -0.530. The van der Waals surface area contributed by atoms with Crippen molar-refractivity contribution in [1.82, 2.24) is 10.4 Å². The van der Waals surface area contributed by atoms with Crippen LogP contribution in [0.3, 0.4) is 0 Å². The Balaban J connectivity index is 5.23. The maximum absolute atomic E-state index is 12.7. The van der Waals surface area contributed by atoms with E-state index in [1.807, 2.05) is 41.5 Å². The molecule has 0 saturated carbocycles. The number of hydrogen-bond donors (Lipinski definition) is 2. The lowest BCUT2D eigenvalue weighted by Crippen LogP contribution is -2.53. The van der Waals surface area contributed by atoms with Crippen LogP contribution >= 0.6 is 0 Å². The van der Waals surface area contributed by atoms with Crippen molar-refractivity contribution >= 4 is 18.3 Å². The molecule has 1 unspecified atom stereocenters. The van der Waals surface area contributed by atoms with Crippen molar-refractivity contribution in [2.45, 2.75) is 85.8 Å². The number of carbonyl (C=O) groups excluding carboxylic acids is 3. The SMILES string of the molecule is CCCCC(CN(O)C=O)C(=O)N[C@H](C(=O)OC(CC)CC)C(C)(C)C. The largest absolute Gasteiger partial charge is 0.461 e. The standard InChI is InChI=1S/C19H36N2O5/c1-7-10-11-14(12-21(25)13-22)17(23)20-16(19(4,5)6)18(24)26-15(8-2)9-3/h13-16,25H,7-12H2,1-6H3,(H,20,23)/t14?,16-/m1/s1. The Hall–Kier alpha value is -1.63. The first-order chi connectivity index (χ1) is 12.1. The Bertz CT molecular complexity index is 444. The average Bonchev–Trinajstić information content (AvgIpc) is 2.59. The fourth-order valence-corrected chi connectivity index (χ4v) is 2.60. The lowest BCUT2D eigenvalue weighted by molar-refractivity contribution is -0.159. The van der Waals surface area contributed by atoms with Crippen LogP contribution in [0.2, 0.25) is 0 Å². The minimum atomic E-state index is -0.803. The van der Waals surface area contributed by atoms with Gasteiger partial charge in [-0.3, -0.25) is 14.8 Å². The van der Waals surface area contributed by atoms with Crippen molar-refractivity contribution in [2.75, 3.05) is 6.54 Å². The molecule has 7 nitrogen and oxygen atoms in total. The van der Waals surface area contributed by atoms with Gasteiger partial charge in [0.1, 0.15) is 12.1 Å². The summed E-state index contributed by atoms with van der Waals surface area (Å²) in [6, 6.07) is -0.803. The maximum Gasteiger partial charge on any atom is 0.329 e. The van der Waals surface area contributed by atoms with Gasteiger partial charge < -0.3 is 10.1 Å². The van der Waals surface area contributed by atoms with Crippen molar-refractivity contribution in [3.05, 3.63) is 0 Å². The molecule has 0 radical (unpaired) electrons. The minimum Gasteiger partial charge on any atom is -0.461 e. The van der Waals surface area contributed by atoms with E-state index < -0.39 is 23.3 Å². The molecule has 0 aromatic heterocycles. The van der Waals surface area contributed by atoms with Gasteiger partial charge in [-0.05, 0) is 24.7 Å². The van der Waals surface area contributed by atoms with Gasteiger partial charge in [0, 0.05) is 0 Å². The third-order valence-corrected chi connectivity index (χ3v) is 4.39. The highest BCUT2D eigenvalue weighted by molar-refractivity contribution is 5.86. The molecule has 0 rings (SSSR count). The summed E-state index contributed by atoms with van der Waals surface area (Å²) < 4.78 is 5.53. The zero-order valence-electron chi connectivity index (χ0n) is 17.1. The van der Waals surface area contributed by atoms with Crippen LogP contribution < -0.4 is 5.32 Å². The van der Waals surface area contributed by atoms with E-state index in [1.54, 1.807) is 0 Å². The summed E-state index contributed by atoms with van der Waals surface area (Å²) in [7, 11) is 0. The predicted octanol–water partition coefficient (Wildman–Crippen LogP) is 2.90. The van der Waals surface area contributed by atoms with Crippen LogP contribution in [0.25, 0.3) is 0 Å². The third-order valence-electron chi connectivity index (χ3n) is 4.39. The van der Waals surface area contributed by atoms with Gasteiger partial charge in [-0.15, -0.1) is 0 Å². The summed E-state index contributed by atoms with van der Waals surface area (Å²) in [6.45, 7) is 11.4. The molecule has 2 amide bonds. The highest BCUT2D eigenvalue weighted by atomic mass is 16.5. The molecule has 0 heterocycles. The van der Waals surface area contributed by atoms with E-state index in [0.717, 1.165) is 12.8 Å². The summed E-state index contributed by atoms with van der Waals surface area (Å²) in [4.78, 5) is 36.0. The number of carbonyl (C=O) groups is 3. The molecule has 0 aliphatic carbocycles. The van der Waals surface area contributed by atoms with Gasteiger partial charge in [-0.25, -0.2) is 9.86 Å². The van der Waals surface area contributed by atoms with Crippen molar-refractivity contribution in [1.29, 1.82) is 0 Å². The lowest BCUT2D eigenvalue weighted by atomic mass is 9.86. The molecule has 7 heteroatoms. The van der Waals surface area contributed by atoms with Crippen LogP contribution in [0.4, 0.5) is 0 Å². The minimum absolute atomic E-state index is 0.103. The second-order valence-electron chi connectivity index (χ2n) is 7.75. The Morgan fingerprint density at radius 3 is 2.19 bits per heavy atom. The van der Waals surface area contributed by atoms with Crippen molar-refractivity contribution in [3.63, 3.8) is 0 Å². The van der Waals surface area contributed by atoms with Crippen molar-refractivity contribution < 1.29 is 24.3 Å². The Morgan fingerprint density at radius 2 is 1.77 bits per heavy atom. The van der Waals surface area contributed by atoms with Gasteiger partial charge >= 0.3 is 5.97 Å². The number of nitrogens with zero attached hydrogens (tertiary/aromatic N) is 1. The Morgan fingerprint density at radius 1 is 1.19 bits per heavy atom. The van der Waals surface area contributed by atoms with E-state index in [-0.39, 0.29) is 25.0 Å². The van der Waals surface area contributed by atoms with E-state index in [9.17, 15) is 19.6 Å². The molecular formula is C19H36N2O5. The van der Waals surface area contributed by atoms with E-state index in [2.05, 4.69) is 5.32 Å². The molecule has 26 heavy (non-hydrogen) atoms. The quantitative estimate of drug-likeness (QED) is 0.238. The number of esters is 1. The third kappa shape index (κ3) is 8.65. The van der Waals surface area contributed by atoms with Crippen LogP contribution in [-0.4, -0.2) is 47.2 Å². The monoisotopic (exact) mass is 372 g/mol. The van der Waals surface area contributed by atoms with E-state index in [0.29, 0.717) is 24.3 Å². The molecule has 0 aliphatic rings. The average molecular weight is 373 g/mol. The number of amides is 2. The molecule has 0 spiro atoms. The molecule has 0 aromatic rings. The summed E-state index contributed by atoms with van der Waals surface area (Å²) in [6.07, 6.45) is 3.71. The van der Waals surface area contributed by atoms with Gasteiger partial charge in [-0.1, -0.05) is 54.4 Å². The van der Waals surface area contributed by atoms with E-state index in [4.69, 9.17) is 4.74 Å². The number of unbranched alkanes of at least 4 members (excludes halogenated alkanes) is 1. The van der Waals surface area contributed by atoms with Gasteiger partial charge in [0.2, 0.25) is 12.3 Å². The molecule has 152 valence electrons. The number of ether oxygens (including phenoxy) is 1. The van der Waals surface area contributed by atoms with Gasteiger partial charge in [0.15, 0.2) is 0 Å². The molecule has 0 fully saturated rings.